The van der Waals surface area contributed by atoms with E-state index in [0.717, 1.165) is 10.2 Å². The Morgan fingerprint density at radius 2 is 2.20 bits per heavy atom. The van der Waals surface area contributed by atoms with Crippen molar-refractivity contribution in [3.8, 4) is 0 Å². The fourth-order valence-electron chi connectivity index (χ4n) is 2.15. The average Bonchev–Trinajstić information content (AvgIpc) is 2.57. The summed E-state index contributed by atoms with van der Waals surface area (Å²) in [5, 5.41) is 5.94. The molecule has 2 aliphatic heterocycles. The minimum Gasteiger partial charge on any atom is -0.373 e. The highest BCUT2D eigenvalue weighted by molar-refractivity contribution is 9.10. The van der Waals surface area contributed by atoms with Gasteiger partial charge in [0.05, 0.1) is 0 Å². The minimum absolute atomic E-state index is 0.0369. The molecule has 0 saturated heterocycles. The summed E-state index contributed by atoms with van der Waals surface area (Å²) in [5.74, 6) is 0.205. The van der Waals surface area contributed by atoms with Gasteiger partial charge >= 0.3 is 0 Å². The Bertz CT molecular complexity index is 470. The van der Waals surface area contributed by atoms with E-state index in [1.165, 1.54) is 5.56 Å². The number of rotatable bonds is 0. The summed E-state index contributed by atoms with van der Waals surface area (Å²) in [6, 6.07) is 5.91. The first-order chi connectivity index (χ1) is 7.25. The average molecular weight is 265 g/mol. The molecule has 1 amide bonds. The molecule has 0 saturated carbocycles. The highest BCUT2D eigenvalue weighted by atomic mass is 79.9. The van der Waals surface area contributed by atoms with E-state index in [2.05, 4.69) is 32.6 Å². The van der Waals surface area contributed by atoms with E-state index in [0.29, 0.717) is 0 Å². The number of hydrogen-bond acceptors (Lipinski definition) is 2. The van der Waals surface area contributed by atoms with Gasteiger partial charge in [0, 0.05) is 22.3 Å². The monoisotopic (exact) mass is 264 g/mol. The van der Waals surface area contributed by atoms with Crippen molar-refractivity contribution < 1.29 is 4.79 Å². The zero-order chi connectivity index (χ0) is 10.4. The van der Waals surface area contributed by atoms with Crippen LogP contribution in [-0.2, 0) is 4.79 Å². The lowest BCUT2D eigenvalue weighted by atomic mass is 9.93. The smallest absolute Gasteiger partial charge is 0.247 e. The lowest BCUT2D eigenvalue weighted by Crippen LogP contribution is -2.40. The molecule has 1 aromatic rings. The zero-order valence-electron chi connectivity index (χ0n) is 7.83. The quantitative estimate of drug-likeness (QED) is 0.753. The number of nitrogens with one attached hydrogen (secondary N) is 2. The lowest BCUT2D eigenvalue weighted by Gasteiger charge is -2.19. The molecule has 0 aromatic heterocycles. The number of carbonyl (C=O) groups excluding carboxylic acids is 1. The number of amides is 1. The molecule has 2 aliphatic rings. The second kappa shape index (κ2) is 3.10. The predicted octanol–water partition coefficient (Wildman–Crippen LogP) is 1.97. The van der Waals surface area contributed by atoms with Crippen molar-refractivity contribution in [2.45, 2.75) is 12.0 Å². The highest BCUT2D eigenvalue weighted by Gasteiger charge is 2.36. The first kappa shape index (κ1) is 8.97. The van der Waals surface area contributed by atoms with Crippen LogP contribution in [0.4, 0.5) is 5.69 Å². The van der Waals surface area contributed by atoms with Crippen LogP contribution in [0, 0.1) is 0 Å². The van der Waals surface area contributed by atoms with Gasteiger partial charge in [0.2, 0.25) is 5.91 Å². The Labute approximate surface area is 95.7 Å². The lowest BCUT2D eigenvalue weighted by molar-refractivity contribution is -0.121. The molecule has 2 N–H and O–H groups in total. The van der Waals surface area contributed by atoms with Crippen molar-refractivity contribution in [3.63, 3.8) is 0 Å². The molecule has 3 nitrogen and oxygen atoms in total. The Balaban J connectivity index is 2.10. The second-order valence-corrected chi connectivity index (χ2v) is 4.66. The van der Waals surface area contributed by atoms with Gasteiger partial charge in [0.1, 0.15) is 6.04 Å². The SMILES string of the molecule is O=C1NC=CC2c3ccc(Br)cc3NC12. The van der Waals surface area contributed by atoms with E-state index in [4.69, 9.17) is 0 Å². The summed E-state index contributed by atoms with van der Waals surface area (Å²) < 4.78 is 1.02. The molecule has 0 bridgehead atoms. The first-order valence-corrected chi connectivity index (χ1v) is 5.58. The van der Waals surface area contributed by atoms with E-state index in [-0.39, 0.29) is 17.9 Å². The van der Waals surface area contributed by atoms with Crippen molar-refractivity contribution in [1.82, 2.24) is 5.32 Å². The molecule has 2 heterocycles. The van der Waals surface area contributed by atoms with Crippen LogP contribution in [0.3, 0.4) is 0 Å². The molecule has 0 radical (unpaired) electrons. The van der Waals surface area contributed by atoms with Gasteiger partial charge in [-0.05, 0) is 17.7 Å². The van der Waals surface area contributed by atoms with Gasteiger partial charge in [0.25, 0.3) is 0 Å². The maximum atomic E-state index is 11.6. The van der Waals surface area contributed by atoms with Crippen LogP contribution < -0.4 is 10.6 Å². The summed E-state index contributed by atoms with van der Waals surface area (Å²) in [5.41, 5.74) is 2.23. The number of anilines is 1. The van der Waals surface area contributed by atoms with Gasteiger partial charge in [-0.2, -0.15) is 0 Å². The van der Waals surface area contributed by atoms with E-state index < -0.39 is 0 Å². The summed E-state index contributed by atoms with van der Waals surface area (Å²) in [6.45, 7) is 0. The normalized spacial score (nSPS) is 26.6. The third-order valence-corrected chi connectivity index (χ3v) is 3.35. The molecule has 2 unspecified atom stereocenters. The highest BCUT2D eigenvalue weighted by Crippen LogP contribution is 2.39. The standard InChI is InChI=1S/C11H9BrN2O/c12-6-1-2-7-8-3-4-13-11(15)10(8)14-9(7)5-6/h1-5,8,10,14H,(H,13,15). The van der Waals surface area contributed by atoms with Crippen molar-refractivity contribution >= 4 is 27.5 Å². The summed E-state index contributed by atoms with van der Waals surface area (Å²) in [6.07, 6.45) is 3.75. The van der Waals surface area contributed by atoms with Crippen LogP contribution >= 0.6 is 15.9 Å². The molecule has 2 atom stereocenters. The second-order valence-electron chi connectivity index (χ2n) is 3.75. The molecule has 1 aromatic carbocycles. The van der Waals surface area contributed by atoms with Crippen molar-refractivity contribution in [2.24, 2.45) is 0 Å². The first-order valence-electron chi connectivity index (χ1n) is 4.79. The molecule has 4 heteroatoms. The molecule has 76 valence electrons. The third-order valence-electron chi connectivity index (χ3n) is 2.86. The fraction of sp³-hybridized carbons (Fsp3) is 0.182. The molecule has 0 aliphatic carbocycles. The van der Waals surface area contributed by atoms with Crippen LogP contribution in [0.25, 0.3) is 0 Å². The van der Waals surface area contributed by atoms with E-state index in [9.17, 15) is 4.79 Å². The fourth-order valence-corrected chi connectivity index (χ4v) is 2.51. The molecule has 0 fully saturated rings. The van der Waals surface area contributed by atoms with Gasteiger partial charge in [-0.1, -0.05) is 28.1 Å². The zero-order valence-corrected chi connectivity index (χ0v) is 9.41. The molecule has 15 heavy (non-hydrogen) atoms. The van der Waals surface area contributed by atoms with Gasteiger partial charge in [-0.15, -0.1) is 0 Å². The summed E-state index contributed by atoms with van der Waals surface area (Å²) in [4.78, 5) is 11.6. The minimum atomic E-state index is -0.153. The van der Waals surface area contributed by atoms with Crippen molar-refractivity contribution in [2.75, 3.05) is 5.32 Å². The van der Waals surface area contributed by atoms with Gasteiger partial charge in [-0.3, -0.25) is 4.79 Å². The largest absolute Gasteiger partial charge is 0.373 e. The van der Waals surface area contributed by atoms with Crippen molar-refractivity contribution in [1.29, 1.82) is 0 Å². The number of hydrogen-bond donors (Lipinski definition) is 2. The number of halogens is 1. The third kappa shape index (κ3) is 1.28. The topological polar surface area (TPSA) is 41.1 Å². The molecular weight excluding hydrogens is 256 g/mol. The predicted molar refractivity (Wildman–Crippen MR) is 61.6 cm³/mol. The Morgan fingerprint density at radius 1 is 1.33 bits per heavy atom. The Hall–Kier alpha value is -1.29. The van der Waals surface area contributed by atoms with Crippen LogP contribution in [0.5, 0.6) is 0 Å². The van der Waals surface area contributed by atoms with Gasteiger partial charge in [0.15, 0.2) is 0 Å². The van der Waals surface area contributed by atoms with Crippen LogP contribution in [0.15, 0.2) is 34.9 Å². The molecule has 3 rings (SSSR count). The molecule has 0 spiro atoms. The number of benzene rings is 1. The maximum Gasteiger partial charge on any atom is 0.247 e. The van der Waals surface area contributed by atoms with Crippen LogP contribution in [-0.4, -0.2) is 11.9 Å². The summed E-state index contributed by atoms with van der Waals surface area (Å²) in [7, 11) is 0. The van der Waals surface area contributed by atoms with E-state index >= 15 is 0 Å². The van der Waals surface area contributed by atoms with E-state index in [1.54, 1.807) is 6.20 Å². The molecular formula is C11H9BrN2O. The Kier molecular flexibility index (Phi) is 1.85. The maximum absolute atomic E-state index is 11.6. The van der Waals surface area contributed by atoms with Gasteiger partial charge < -0.3 is 10.6 Å². The van der Waals surface area contributed by atoms with Gasteiger partial charge in [-0.25, -0.2) is 0 Å². The Morgan fingerprint density at radius 3 is 3.07 bits per heavy atom. The van der Waals surface area contributed by atoms with Crippen LogP contribution in [0.1, 0.15) is 11.5 Å². The van der Waals surface area contributed by atoms with E-state index in [1.807, 2.05) is 18.2 Å². The van der Waals surface area contributed by atoms with Crippen LogP contribution in [0.2, 0.25) is 0 Å². The van der Waals surface area contributed by atoms with Crippen molar-refractivity contribution in [3.05, 3.63) is 40.5 Å². The number of fused-ring (bicyclic) bond motifs is 3. The number of carbonyl (C=O) groups is 1. The summed E-state index contributed by atoms with van der Waals surface area (Å²) >= 11 is 3.42.